The van der Waals surface area contributed by atoms with Gasteiger partial charge in [-0.25, -0.2) is 0 Å². The maximum atomic E-state index is 9.15. The Morgan fingerprint density at radius 3 is 2.00 bits per heavy atom. The predicted octanol–water partition coefficient (Wildman–Crippen LogP) is -2.62. The van der Waals surface area contributed by atoms with Gasteiger partial charge in [0, 0.05) is 6.04 Å². The van der Waals surface area contributed by atoms with Crippen LogP contribution in [0.1, 0.15) is 6.92 Å². The first-order valence-electron chi connectivity index (χ1n) is 3.52. The highest BCUT2D eigenvalue weighted by molar-refractivity contribution is 4.91. The summed E-state index contributed by atoms with van der Waals surface area (Å²) in [6.45, 7) is 1.61. The Morgan fingerprint density at radius 1 is 0.909 bits per heavy atom. The van der Waals surface area contributed by atoms with Crippen molar-refractivity contribution in [2.75, 3.05) is 0 Å². The normalized spacial score (nSPS) is 52.6. The van der Waals surface area contributed by atoms with E-state index in [1.165, 1.54) is 0 Å². The molecule has 0 aromatic carbocycles. The fourth-order valence-electron chi connectivity index (χ4n) is 1.15. The van der Waals surface area contributed by atoms with Crippen molar-refractivity contribution in [3.05, 3.63) is 0 Å². The molecule has 0 aliphatic carbocycles. The van der Waals surface area contributed by atoms with Gasteiger partial charge >= 0.3 is 0 Å². The summed E-state index contributed by atoms with van der Waals surface area (Å²) in [6.07, 6.45) is -4.79. The first kappa shape index (κ1) is 8.89. The van der Waals surface area contributed by atoms with Crippen LogP contribution in [0, 0.1) is 0 Å². The highest BCUT2D eigenvalue weighted by Crippen LogP contribution is 2.13. The lowest BCUT2D eigenvalue weighted by atomic mass is 9.96. The van der Waals surface area contributed by atoms with E-state index >= 15 is 0 Å². The van der Waals surface area contributed by atoms with Crippen LogP contribution in [-0.2, 0) is 0 Å². The molecule has 1 heterocycles. The SMILES string of the molecule is C[C@@H]1N[C@@H](O)[C@@H](O)[C@H](O)[C@@H]1O. The zero-order valence-corrected chi connectivity index (χ0v) is 6.18. The quantitative estimate of drug-likeness (QED) is 0.269. The third-order valence-corrected chi connectivity index (χ3v) is 1.97. The van der Waals surface area contributed by atoms with Crippen LogP contribution >= 0.6 is 0 Å². The second kappa shape index (κ2) is 3.04. The minimum Gasteiger partial charge on any atom is -0.389 e. The number of nitrogens with one attached hydrogen (secondary N) is 1. The summed E-state index contributed by atoms with van der Waals surface area (Å²) in [5, 5.41) is 38.8. The molecular weight excluding hydrogens is 150 g/mol. The minimum absolute atomic E-state index is 0.414. The monoisotopic (exact) mass is 163 g/mol. The Bertz CT molecular complexity index is 129. The fourth-order valence-corrected chi connectivity index (χ4v) is 1.15. The van der Waals surface area contributed by atoms with Crippen molar-refractivity contribution in [3.8, 4) is 0 Å². The molecule has 1 aliphatic rings. The van der Waals surface area contributed by atoms with Gasteiger partial charge in [0.1, 0.15) is 18.4 Å². The molecule has 5 nitrogen and oxygen atoms in total. The zero-order chi connectivity index (χ0) is 8.59. The van der Waals surface area contributed by atoms with Crippen LogP contribution in [0.5, 0.6) is 0 Å². The Balaban J connectivity index is 2.63. The van der Waals surface area contributed by atoms with Crippen LogP contribution < -0.4 is 5.32 Å². The third kappa shape index (κ3) is 1.52. The van der Waals surface area contributed by atoms with Crippen LogP contribution in [0.2, 0.25) is 0 Å². The van der Waals surface area contributed by atoms with Crippen molar-refractivity contribution in [2.24, 2.45) is 0 Å². The lowest BCUT2D eigenvalue weighted by Crippen LogP contribution is -2.63. The average Bonchev–Trinajstić information content (AvgIpc) is 1.97. The summed E-state index contributed by atoms with van der Waals surface area (Å²) in [7, 11) is 0. The number of aliphatic hydroxyl groups is 4. The van der Waals surface area contributed by atoms with E-state index in [4.69, 9.17) is 20.4 Å². The molecule has 5 N–H and O–H groups in total. The van der Waals surface area contributed by atoms with Gasteiger partial charge in [0.2, 0.25) is 0 Å². The molecular formula is C6H13NO4. The van der Waals surface area contributed by atoms with E-state index in [1.54, 1.807) is 6.92 Å². The Morgan fingerprint density at radius 2 is 1.45 bits per heavy atom. The second-order valence-corrected chi connectivity index (χ2v) is 2.87. The van der Waals surface area contributed by atoms with Crippen molar-refractivity contribution in [3.63, 3.8) is 0 Å². The van der Waals surface area contributed by atoms with Gasteiger partial charge in [-0.05, 0) is 6.92 Å². The molecule has 5 heteroatoms. The van der Waals surface area contributed by atoms with Crippen LogP contribution in [0.15, 0.2) is 0 Å². The second-order valence-electron chi connectivity index (χ2n) is 2.87. The van der Waals surface area contributed by atoms with E-state index in [-0.39, 0.29) is 0 Å². The number of aliphatic hydroxyl groups excluding tert-OH is 4. The van der Waals surface area contributed by atoms with Crippen molar-refractivity contribution in [1.29, 1.82) is 0 Å². The maximum absolute atomic E-state index is 9.15. The molecule has 0 aromatic heterocycles. The number of hydrogen-bond donors (Lipinski definition) is 5. The van der Waals surface area contributed by atoms with Gasteiger partial charge < -0.3 is 20.4 Å². The molecule has 0 aromatic rings. The molecule has 0 unspecified atom stereocenters. The molecule has 0 spiro atoms. The number of rotatable bonds is 0. The molecule has 0 saturated carbocycles. The van der Waals surface area contributed by atoms with Crippen molar-refractivity contribution in [2.45, 2.75) is 37.5 Å². The molecule has 0 radical (unpaired) electrons. The van der Waals surface area contributed by atoms with E-state index in [0.29, 0.717) is 0 Å². The fraction of sp³-hybridized carbons (Fsp3) is 1.00. The van der Waals surface area contributed by atoms with Gasteiger partial charge in [-0.15, -0.1) is 0 Å². The zero-order valence-electron chi connectivity index (χ0n) is 6.18. The van der Waals surface area contributed by atoms with Crippen LogP contribution in [-0.4, -0.2) is 51.0 Å². The third-order valence-electron chi connectivity index (χ3n) is 1.97. The molecule has 1 rings (SSSR count). The summed E-state index contributed by atoms with van der Waals surface area (Å²) in [4.78, 5) is 0. The summed E-state index contributed by atoms with van der Waals surface area (Å²) >= 11 is 0. The van der Waals surface area contributed by atoms with E-state index in [1.807, 2.05) is 0 Å². The van der Waals surface area contributed by atoms with Crippen LogP contribution in [0.4, 0.5) is 0 Å². The number of hydrogen-bond acceptors (Lipinski definition) is 5. The predicted molar refractivity (Wildman–Crippen MR) is 36.6 cm³/mol. The molecule has 1 aliphatic heterocycles. The molecule has 66 valence electrons. The Labute approximate surface area is 64.3 Å². The summed E-state index contributed by atoms with van der Waals surface area (Å²) < 4.78 is 0. The standard InChI is InChI=1S/C6H13NO4/c1-2-3(8)4(9)5(10)6(11)7-2/h2-11H,1H3/t2-,3+,4+,5-,6-/m0/s1. The summed E-state index contributed by atoms with van der Waals surface area (Å²) in [5.41, 5.74) is 0. The smallest absolute Gasteiger partial charge is 0.134 e. The molecule has 1 fully saturated rings. The van der Waals surface area contributed by atoms with Gasteiger partial charge in [-0.2, -0.15) is 0 Å². The van der Waals surface area contributed by atoms with Gasteiger partial charge in [0.05, 0.1) is 6.10 Å². The van der Waals surface area contributed by atoms with Crippen molar-refractivity contribution < 1.29 is 20.4 Å². The summed E-state index contributed by atoms with van der Waals surface area (Å²) in [6, 6.07) is -0.414. The molecule has 5 atom stereocenters. The van der Waals surface area contributed by atoms with E-state index in [2.05, 4.69) is 5.32 Å². The van der Waals surface area contributed by atoms with Gasteiger partial charge in [0.25, 0.3) is 0 Å². The first-order chi connectivity index (χ1) is 5.04. The highest BCUT2D eigenvalue weighted by Gasteiger charge is 2.39. The average molecular weight is 163 g/mol. The molecule has 0 bridgehead atoms. The Hall–Kier alpha value is -0.200. The van der Waals surface area contributed by atoms with E-state index in [0.717, 1.165) is 0 Å². The Kier molecular flexibility index (Phi) is 2.46. The van der Waals surface area contributed by atoms with Crippen LogP contribution in [0.25, 0.3) is 0 Å². The van der Waals surface area contributed by atoms with Crippen molar-refractivity contribution >= 4 is 0 Å². The topological polar surface area (TPSA) is 93.0 Å². The number of piperidine rings is 1. The minimum atomic E-state index is -1.32. The lowest BCUT2D eigenvalue weighted by Gasteiger charge is -2.37. The lowest BCUT2D eigenvalue weighted by molar-refractivity contribution is -0.154. The van der Waals surface area contributed by atoms with E-state index in [9.17, 15) is 0 Å². The van der Waals surface area contributed by atoms with Gasteiger partial charge in [-0.1, -0.05) is 0 Å². The van der Waals surface area contributed by atoms with Gasteiger partial charge in [-0.3, -0.25) is 5.32 Å². The molecule has 0 amide bonds. The van der Waals surface area contributed by atoms with E-state index < -0.39 is 30.6 Å². The first-order valence-corrected chi connectivity index (χ1v) is 3.52. The maximum Gasteiger partial charge on any atom is 0.134 e. The van der Waals surface area contributed by atoms with Gasteiger partial charge in [0.15, 0.2) is 0 Å². The molecule has 11 heavy (non-hydrogen) atoms. The summed E-state index contributed by atoms with van der Waals surface area (Å²) in [5.74, 6) is 0. The largest absolute Gasteiger partial charge is 0.389 e. The van der Waals surface area contributed by atoms with Crippen molar-refractivity contribution in [1.82, 2.24) is 5.32 Å². The van der Waals surface area contributed by atoms with Crippen LogP contribution in [0.3, 0.4) is 0 Å². The highest BCUT2D eigenvalue weighted by atomic mass is 16.4. The molecule has 1 saturated heterocycles.